The number of aliphatic hydroxyl groups excluding tert-OH is 4. The maximum atomic E-state index is 10.1. The van der Waals surface area contributed by atoms with E-state index in [4.69, 9.17) is 25.5 Å². The zero-order valence-electron chi connectivity index (χ0n) is 11.0. The van der Waals surface area contributed by atoms with Crippen molar-refractivity contribution in [2.45, 2.75) is 0 Å². The third-order valence-electron chi connectivity index (χ3n) is 2.56. The zero-order chi connectivity index (χ0) is 15.4. The molecule has 0 aliphatic heterocycles. The van der Waals surface area contributed by atoms with E-state index >= 15 is 0 Å². The molecule has 0 unspecified atom stereocenters. The largest absolute Gasteiger partial charge is 0.478 e. The first-order chi connectivity index (χ1) is 9.53. The quantitative estimate of drug-likeness (QED) is 0.459. The van der Waals surface area contributed by atoms with Gasteiger partial charge in [0.05, 0.1) is 31.8 Å². The number of aliphatic hydroxyl groups is 4. The number of aliphatic carboxylic acids is 1. The first-order valence-electron chi connectivity index (χ1n) is 5.93. The molecule has 0 fully saturated rings. The second-order valence-electron chi connectivity index (χ2n) is 4.21. The second-order valence-corrected chi connectivity index (χ2v) is 4.21. The molecule has 1 rings (SSSR count). The van der Waals surface area contributed by atoms with E-state index in [0.717, 1.165) is 11.6 Å². The maximum Gasteiger partial charge on any atom is 0.328 e. The van der Waals surface area contributed by atoms with Crippen molar-refractivity contribution in [3.05, 3.63) is 42.0 Å². The third kappa shape index (κ3) is 7.01. The maximum absolute atomic E-state index is 10.1. The molecule has 0 spiro atoms. The molecule has 112 valence electrons. The van der Waals surface area contributed by atoms with Crippen molar-refractivity contribution in [2.75, 3.05) is 26.4 Å². The van der Waals surface area contributed by atoms with Gasteiger partial charge in [-0.1, -0.05) is 30.3 Å². The molecule has 1 aromatic carbocycles. The van der Waals surface area contributed by atoms with Crippen molar-refractivity contribution in [2.24, 2.45) is 5.41 Å². The van der Waals surface area contributed by atoms with Crippen molar-refractivity contribution in [3.8, 4) is 0 Å². The van der Waals surface area contributed by atoms with Gasteiger partial charge in [-0.05, 0) is 11.6 Å². The number of carboxylic acids is 1. The number of rotatable bonds is 6. The van der Waals surface area contributed by atoms with E-state index in [-0.39, 0.29) is 0 Å². The summed E-state index contributed by atoms with van der Waals surface area (Å²) in [7, 11) is 0. The van der Waals surface area contributed by atoms with E-state index in [1.54, 1.807) is 6.08 Å². The lowest BCUT2D eigenvalue weighted by Crippen LogP contribution is -2.37. The topological polar surface area (TPSA) is 118 Å². The summed E-state index contributed by atoms with van der Waals surface area (Å²) >= 11 is 0. The molecule has 0 atom stereocenters. The van der Waals surface area contributed by atoms with Gasteiger partial charge in [-0.25, -0.2) is 4.79 Å². The highest BCUT2D eigenvalue weighted by Crippen LogP contribution is 2.11. The number of hydrogen-bond donors (Lipinski definition) is 5. The van der Waals surface area contributed by atoms with E-state index in [1.807, 2.05) is 30.3 Å². The molecular weight excluding hydrogens is 264 g/mol. The minimum Gasteiger partial charge on any atom is -0.478 e. The molecule has 0 aromatic heterocycles. The number of carbonyl (C=O) groups is 1. The van der Waals surface area contributed by atoms with Crippen molar-refractivity contribution in [1.29, 1.82) is 0 Å². The molecule has 0 radical (unpaired) electrons. The first-order valence-corrected chi connectivity index (χ1v) is 5.93. The van der Waals surface area contributed by atoms with Gasteiger partial charge in [-0.3, -0.25) is 0 Å². The van der Waals surface area contributed by atoms with Crippen LogP contribution in [-0.2, 0) is 4.79 Å². The van der Waals surface area contributed by atoms with Crippen molar-refractivity contribution in [1.82, 2.24) is 0 Å². The lowest BCUT2D eigenvalue weighted by atomic mass is 9.93. The molecule has 5 N–H and O–H groups in total. The highest BCUT2D eigenvalue weighted by Gasteiger charge is 2.26. The Morgan fingerprint density at radius 3 is 1.70 bits per heavy atom. The first kappa shape index (κ1) is 18.3. The Hall–Kier alpha value is -1.73. The lowest BCUT2D eigenvalue weighted by Gasteiger charge is -2.23. The van der Waals surface area contributed by atoms with Crippen molar-refractivity contribution < 1.29 is 30.3 Å². The molecular formula is C14H20O6. The molecule has 6 heteroatoms. The molecule has 1 aromatic rings. The Balaban J connectivity index is 0.000000370. The van der Waals surface area contributed by atoms with E-state index in [1.165, 1.54) is 0 Å². The van der Waals surface area contributed by atoms with Crippen molar-refractivity contribution in [3.63, 3.8) is 0 Å². The Kier molecular flexibility index (Phi) is 9.23. The summed E-state index contributed by atoms with van der Waals surface area (Å²) in [5.74, 6) is -0.922. The van der Waals surface area contributed by atoms with Gasteiger partial charge in [-0.15, -0.1) is 0 Å². The molecule has 6 nitrogen and oxygen atoms in total. The summed E-state index contributed by atoms with van der Waals surface area (Å²) in [6, 6.07) is 9.31. The van der Waals surface area contributed by atoms with Crippen LogP contribution < -0.4 is 0 Å². The molecule has 20 heavy (non-hydrogen) atoms. The fraction of sp³-hybridized carbons (Fsp3) is 0.357. The smallest absolute Gasteiger partial charge is 0.328 e. The molecule has 0 amide bonds. The highest BCUT2D eigenvalue weighted by atomic mass is 16.4. The third-order valence-corrected chi connectivity index (χ3v) is 2.56. The Morgan fingerprint density at radius 2 is 1.40 bits per heavy atom. The summed E-state index contributed by atoms with van der Waals surface area (Å²) in [5.41, 5.74) is -0.213. The van der Waals surface area contributed by atoms with Crippen LogP contribution >= 0.6 is 0 Å². The number of hydrogen-bond acceptors (Lipinski definition) is 5. The van der Waals surface area contributed by atoms with Crippen LogP contribution in [0.2, 0.25) is 0 Å². The summed E-state index contributed by atoms with van der Waals surface area (Å²) in [6.45, 7) is -1.62. The average molecular weight is 284 g/mol. The van der Waals surface area contributed by atoms with Gasteiger partial charge in [0, 0.05) is 6.08 Å². The summed E-state index contributed by atoms with van der Waals surface area (Å²) in [5, 5.41) is 42.3. The summed E-state index contributed by atoms with van der Waals surface area (Å²) in [6.07, 6.45) is 2.68. The summed E-state index contributed by atoms with van der Waals surface area (Å²) < 4.78 is 0. The van der Waals surface area contributed by atoms with Gasteiger partial charge in [0.1, 0.15) is 0 Å². The van der Waals surface area contributed by atoms with E-state index < -0.39 is 37.8 Å². The van der Waals surface area contributed by atoms with Crippen LogP contribution in [0.4, 0.5) is 0 Å². The minimum absolute atomic E-state index is 0.406. The van der Waals surface area contributed by atoms with Gasteiger partial charge in [0.15, 0.2) is 0 Å². The monoisotopic (exact) mass is 284 g/mol. The lowest BCUT2D eigenvalue weighted by molar-refractivity contribution is -0.131. The Labute approximate surface area is 117 Å². The molecule has 0 heterocycles. The fourth-order valence-electron chi connectivity index (χ4n) is 1.03. The van der Waals surface area contributed by atoms with Crippen LogP contribution in [0.1, 0.15) is 5.56 Å². The van der Waals surface area contributed by atoms with Crippen LogP contribution in [0.15, 0.2) is 36.4 Å². The molecule has 0 saturated carbocycles. The minimum atomic E-state index is -1.11. The van der Waals surface area contributed by atoms with Crippen LogP contribution in [0.5, 0.6) is 0 Å². The van der Waals surface area contributed by atoms with E-state index in [9.17, 15) is 4.79 Å². The molecule has 0 aliphatic carbocycles. The van der Waals surface area contributed by atoms with Crippen LogP contribution in [0.3, 0.4) is 0 Å². The highest BCUT2D eigenvalue weighted by molar-refractivity contribution is 5.85. The van der Waals surface area contributed by atoms with Gasteiger partial charge in [0.2, 0.25) is 0 Å². The Morgan fingerprint density at radius 1 is 0.950 bits per heavy atom. The number of carboxylic acid groups (broad SMARTS) is 1. The predicted molar refractivity (Wildman–Crippen MR) is 73.9 cm³/mol. The second kappa shape index (κ2) is 10.1. The van der Waals surface area contributed by atoms with Gasteiger partial charge < -0.3 is 25.5 Å². The normalized spacial score (nSPS) is 11.0. The van der Waals surface area contributed by atoms with E-state index in [2.05, 4.69) is 0 Å². The SMILES string of the molecule is O=C(O)C=Cc1ccccc1.OCC(CO)(CO)CO. The molecule has 0 saturated heterocycles. The van der Waals surface area contributed by atoms with Crippen LogP contribution in [-0.4, -0.2) is 57.9 Å². The average Bonchev–Trinajstić information content (AvgIpc) is 2.50. The standard InChI is InChI=1S/C9H8O2.C5H12O4/c10-9(11)7-6-8-4-2-1-3-5-8;6-1-5(2-7,3-8)4-9/h1-7H,(H,10,11);6-9H,1-4H2. The van der Waals surface area contributed by atoms with Gasteiger partial charge in [-0.2, -0.15) is 0 Å². The van der Waals surface area contributed by atoms with Crippen LogP contribution in [0.25, 0.3) is 6.08 Å². The van der Waals surface area contributed by atoms with Crippen molar-refractivity contribution >= 4 is 12.0 Å². The van der Waals surface area contributed by atoms with Gasteiger partial charge >= 0.3 is 5.97 Å². The number of benzene rings is 1. The predicted octanol–water partition coefficient (Wildman–Crippen LogP) is -0.274. The fourth-order valence-corrected chi connectivity index (χ4v) is 1.03. The zero-order valence-corrected chi connectivity index (χ0v) is 11.0. The van der Waals surface area contributed by atoms with Gasteiger partial charge in [0.25, 0.3) is 0 Å². The molecule has 0 aliphatic rings. The van der Waals surface area contributed by atoms with E-state index in [0.29, 0.717) is 0 Å². The molecule has 0 bridgehead atoms. The van der Waals surface area contributed by atoms with Crippen LogP contribution in [0, 0.1) is 5.41 Å². The Bertz CT molecular complexity index is 380. The summed E-state index contributed by atoms with van der Waals surface area (Å²) in [4.78, 5) is 10.1.